The minimum absolute atomic E-state index is 0.246. The summed E-state index contributed by atoms with van der Waals surface area (Å²) in [6.07, 6.45) is 0. The number of nitrogens with two attached hydrogens (primary N) is 1. The number of hydrogen-bond acceptors (Lipinski definition) is 2. The standard InChI is InChI=1S/C13H22N2/c1-10(2)13(14)9-15-8-12-6-4-11(3)5-7-12/h4-7,10,13,15H,8-9,14H2,1-3H3. The molecule has 0 aliphatic rings. The van der Waals surface area contributed by atoms with Gasteiger partial charge >= 0.3 is 0 Å². The molecule has 0 aliphatic heterocycles. The van der Waals surface area contributed by atoms with Crippen LogP contribution in [0.15, 0.2) is 24.3 Å². The summed E-state index contributed by atoms with van der Waals surface area (Å²) in [6, 6.07) is 8.83. The van der Waals surface area contributed by atoms with Crippen molar-refractivity contribution in [2.75, 3.05) is 6.54 Å². The van der Waals surface area contributed by atoms with E-state index in [0.717, 1.165) is 13.1 Å². The molecule has 0 bridgehead atoms. The first-order valence-electron chi connectivity index (χ1n) is 5.61. The van der Waals surface area contributed by atoms with Gasteiger partial charge in [0.05, 0.1) is 0 Å². The van der Waals surface area contributed by atoms with E-state index in [9.17, 15) is 0 Å². The second-order valence-electron chi connectivity index (χ2n) is 4.52. The van der Waals surface area contributed by atoms with Gasteiger partial charge in [0.15, 0.2) is 0 Å². The molecule has 1 aromatic rings. The second-order valence-corrected chi connectivity index (χ2v) is 4.52. The SMILES string of the molecule is Cc1ccc(CNCC(N)C(C)C)cc1. The van der Waals surface area contributed by atoms with Crippen LogP contribution in [-0.4, -0.2) is 12.6 Å². The van der Waals surface area contributed by atoms with Crippen molar-refractivity contribution in [1.82, 2.24) is 5.32 Å². The van der Waals surface area contributed by atoms with Crippen molar-refractivity contribution < 1.29 is 0 Å². The third-order valence-electron chi connectivity index (χ3n) is 2.69. The molecule has 1 unspecified atom stereocenters. The van der Waals surface area contributed by atoms with E-state index in [4.69, 9.17) is 5.73 Å². The van der Waals surface area contributed by atoms with Crippen LogP contribution in [0.1, 0.15) is 25.0 Å². The smallest absolute Gasteiger partial charge is 0.0206 e. The fourth-order valence-corrected chi connectivity index (χ4v) is 1.32. The Morgan fingerprint density at radius 3 is 2.33 bits per heavy atom. The largest absolute Gasteiger partial charge is 0.326 e. The van der Waals surface area contributed by atoms with Crippen molar-refractivity contribution in [3.63, 3.8) is 0 Å². The average molecular weight is 206 g/mol. The van der Waals surface area contributed by atoms with Crippen molar-refractivity contribution in [3.8, 4) is 0 Å². The average Bonchev–Trinajstić information content (AvgIpc) is 2.20. The van der Waals surface area contributed by atoms with Gasteiger partial charge in [-0.05, 0) is 18.4 Å². The van der Waals surface area contributed by atoms with Crippen molar-refractivity contribution in [1.29, 1.82) is 0 Å². The molecule has 0 spiro atoms. The van der Waals surface area contributed by atoms with E-state index in [-0.39, 0.29) is 6.04 Å². The molecular formula is C13H22N2. The fourth-order valence-electron chi connectivity index (χ4n) is 1.32. The molecule has 0 saturated heterocycles. The molecule has 0 aliphatic carbocycles. The summed E-state index contributed by atoms with van der Waals surface area (Å²) in [7, 11) is 0. The van der Waals surface area contributed by atoms with Gasteiger partial charge in [0.25, 0.3) is 0 Å². The van der Waals surface area contributed by atoms with Crippen molar-refractivity contribution in [2.45, 2.75) is 33.4 Å². The van der Waals surface area contributed by atoms with Gasteiger partial charge in [0.2, 0.25) is 0 Å². The Morgan fingerprint density at radius 2 is 1.80 bits per heavy atom. The third-order valence-corrected chi connectivity index (χ3v) is 2.69. The minimum Gasteiger partial charge on any atom is -0.326 e. The molecule has 1 aromatic carbocycles. The maximum absolute atomic E-state index is 5.94. The van der Waals surface area contributed by atoms with Crippen LogP contribution in [0.5, 0.6) is 0 Å². The lowest BCUT2D eigenvalue weighted by atomic mass is 10.1. The highest BCUT2D eigenvalue weighted by molar-refractivity contribution is 5.21. The topological polar surface area (TPSA) is 38.0 Å². The first-order chi connectivity index (χ1) is 7.09. The van der Waals surface area contributed by atoms with E-state index in [2.05, 4.69) is 50.4 Å². The van der Waals surface area contributed by atoms with E-state index >= 15 is 0 Å². The maximum Gasteiger partial charge on any atom is 0.0206 e. The minimum atomic E-state index is 0.246. The molecule has 2 heteroatoms. The molecule has 0 fully saturated rings. The van der Waals surface area contributed by atoms with Crippen LogP contribution < -0.4 is 11.1 Å². The van der Waals surface area contributed by atoms with E-state index in [0.29, 0.717) is 5.92 Å². The van der Waals surface area contributed by atoms with Crippen molar-refractivity contribution >= 4 is 0 Å². The summed E-state index contributed by atoms with van der Waals surface area (Å²) in [5.74, 6) is 0.538. The lowest BCUT2D eigenvalue weighted by Gasteiger charge is -2.16. The Bertz CT molecular complexity index is 277. The summed E-state index contributed by atoms with van der Waals surface area (Å²) in [5.41, 5.74) is 8.56. The predicted molar refractivity (Wildman–Crippen MR) is 65.7 cm³/mol. The molecule has 84 valence electrons. The normalized spacial score (nSPS) is 13.1. The zero-order valence-electron chi connectivity index (χ0n) is 9.96. The van der Waals surface area contributed by atoms with Crippen LogP contribution >= 0.6 is 0 Å². The predicted octanol–water partition coefficient (Wildman–Crippen LogP) is 2.07. The molecule has 0 amide bonds. The Hall–Kier alpha value is -0.860. The molecule has 2 nitrogen and oxygen atoms in total. The molecule has 15 heavy (non-hydrogen) atoms. The summed E-state index contributed by atoms with van der Waals surface area (Å²) in [6.45, 7) is 8.19. The quantitative estimate of drug-likeness (QED) is 0.774. The monoisotopic (exact) mass is 206 g/mol. The molecule has 0 radical (unpaired) electrons. The summed E-state index contributed by atoms with van der Waals surface area (Å²) in [4.78, 5) is 0. The van der Waals surface area contributed by atoms with Gasteiger partial charge in [-0.2, -0.15) is 0 Å². The van der Waals surface area contributed by atoms with Crippen LogP contribution in [0.25, 0.3) is 0 Å². The Morgan fingerprint density at radius 1 is 1.20 bits per heavy atom. The highest BCUT2D eigenvalue weighted by Gasteiger charge is 2.05. The number of benzene rings is 1. The van der Waals surface area contributed by atoms with Gasteiger partial charge in [-0.3, -0.25) is 0 Å². The van der Waals surface area contributed by atoms with E-state index in [1.165, 1.54) is 11.1 Å². The first kappa shape index (κ1) is 12.2. The molecule has 0 saturated carbocycles. The van der Waals surface area contributed by atoms with Crippen LogP contribution in [0, 0.1) is 12.8 Å². The fraction of sp³-hybridized carbons (Fsp3) is 0.538. The lowest BCUT2D eigenvalue weighted by Crippen LogP contribution is -2.37. The summed E-state index contributed by atoms with van der Waals surface area (Å²) >= 11 is 0. The highest BCUT2D eigenvalue weighted by Crippen LogP contribution is 2.03. The van der Waals surface area contributed by atoms with E-state index < -0.39 is 0 Å². The lowest BCUT2D eigenvalue weighted by molar-refractivity contribution is 0.458. The van der Waals surface area contributed by atoms with Crippen molar-refractivity contribution in [3.05, 3.63) is 35.4 Å². The van der Waals surface area contributed by atoms with Crippen LogP contribution in [-0.2, 0) is 6.54 Å². The van der Waals surface area contributed by atoms with Gasteiger partial charge in [0, 0.05) is 19.1 Å². The van der Waals surface area contributed by atoms with Gasteiger partial charge in [-0.1, -0.05) is 43.7 Å². The first-order valence-corrected chi connectivity index (χ1v) is 5.61. The maximum atomic E-state index is 5.94. The zero-order valence-corrected chi connectivity index (χ0v) is 9.96. The molecule has 3 N–H and O–H groups in total. The number of hydrogen-bond donors (Lipinski definition) is 2. The van der Waals surface area contributed by atoms with Crippen LogP contribution in [0.2, 0.25) is 0 Å². The Balaban J connectivity index is 2.29. The molecular weight excluding hydrogens is 184 g/mol. The van der Waals surface area contributed by atoms with E-state index in [1.807, 2.05) is 0 Å². The number of nitrogens with one attached hydrogen (secondary N) is 1. The highest BCUT2D eigenvalue weighted by atomic mass is 14.9. The van der Waals surface area contributed by atoms with Gasteiger partial charge in [-0.25, -0.2) is 0 Å². The molecule has 1 rings (SSSR count). The van der Waals surface area contributed by atoms with E-state index in [1.54, 1.807) is 0 Å². The molecule has 1 atom stereocenters. The second kappa shape index (κ2) is 5.89. The van der Waals surface area contributed by atoms with Gasteiger partial charge in [-0.15, -0.1) is 0 Å². The summed E-state index contributed by atoms with van der Waals surface area (Å²) in [5, 5.41) is 3.38. The van der Waals surface area contributed by atoms with Gasteiger partial charge in [0.1, 0.15) is 0 Å². The third kappa shape index (κ3) is 4.45. The molecule has 0 heterocycles. The molecule has 0 aromatic heterocycles. The number of aryl methyl sites for hydroxylation is 1. The summed E-state index contributed by atoms with van der Waals surface area (Å²) < 4.78 is 0. The zero-order chi connectivity index (χ0) is 11.3. The van der Waals surface area contributed by atoms with Crippen LogP contribution in [0.4, 0.5) is 0 Å². The number of rotatable bonds is 5. The Kier molecular flexibility index (Phi) is 4.79. The van der Waals surface area contributed by atoms with Crippen molar-refractivity contribution in [2.24, 2.45) is 11.7 Å². The van der Waals surface area contributed by atoms with Crippen LogP contribution in [0.3, 0.4) is 0 Å². The van der Waals surface area contributed by atoms with Gasteiger partial charge < -0.3 is 11.1 Å². The Labute approximate surface area is 92.9 Å².